The van der Waals surface area contributed by atoms with E-state index >= 15 is 0 Å². The van der Waals surface area contributed by atoms with Crippen molar-refractivity contribution in [1.29, 1.82) is 0 Å². The monoisotopic (exact) mass is 513 g/mol. The molecule has 0 spiro atoms. The van der Waals surface area contributed by atoms with Crippen LogP contribution in [0.5, 0.6) is 0 Å². The first-order valence-corrected chi connectivity index (χ1v) is 12.8. The molecule has 7 nitrogen and oxygen atoms in total. The van der Waals surface area contributed by atoms with Gasteiger partial charge in [-0.25, -0.2) is 0 Å². The molecule has 2 N–H and O–H groups in total. The summed E-state index contributed by atoms with van der Waals surface area (Å²) in [5.74, 6) is -1.49. The topological polar surface area (TPSA) is 99.6 Å². The largest absolute Gasteiger partial charge is 0.481 e. The van der Waals surface area contributed by atoms with Crippen LogP contribution in [-0.2, 0) is 17.8 Å². The molecule has 4 aromatic rings. The van der Waals surface area contributed by atoms with Crippen LogP contribution >= 0.6 is 11.3 Å². The molecule has 2 aromatic carbocycles. The van der Waals surface area contributed by atoms with E-state index in [9.17, 15) is 19.5 Å². The molecule has 37 heavy (non-hydrogen) atoms. The zero-order valence-corrected chi connectivity index (χ0v) is 21.0. The molecule has 0 aliphatic rings. The van der Waals surface area contributed by atoms with Crippen molar-refractivity contribution in [2.75, 3.05) is 13.1 Å². The van der Waals surface area contributed by atoms with Crippen molar-refractivity contribution < 1.29 is 19.5 Å². The average Bonchev–Trinajstić information content (AvgIpc) is 3.46. The van der Waals surface area contributed by atoms with Crippen LogP contribution in [-0.4, -0.2) is 45.9 Å². The third-order valence-electron chi connectivity index (χ3n) is 5.90. The van der Waals surface area contributed by atoms with Gasteiger partial charge in [0.2, 0.25) is 0 Å². The van der Waals surface area contributed by atoms with Crippen molar-refractivity contribution in [3.05, 3.63) is 112 Å². The van der Waals surface area contributed by atoms with Crippen LogP contribution in [0.4, 0.5) is 0 Å². The number of hydrogen-bond donors (Lipinski definition) is 2. The fraction of sp³-hybridized carbons (Fsp3) is 0.172. The molecule has 2 aromatic heterocycles. The maximum atomic E-state index is 13.8. The number of nitrogens with zero attached hydrogens (tertiary/aromatic N) is 2. The van der Waals surface area contributed by atoms with Crippen LogP contribution in [0.3, 0.4) is 0 Å². The minimum Gasteiger partial charge on any atom is -0.481 e. The maximum absolute atomic E-state index is 13.8. The second kappa shape index (κ2) is 12.6. The number of rotatable bonds is 11. The van der Waals surface area contributed by atoms with Gasteiger partial charge in [-0.3, -0.25) is 19.4 Å². The summed E-state index contributed by atoms with van der Waals surface area (Å²) < 4.78 is 0. The molecule has 0 radical (unpaired) electrons. The predicted molar refractivity (Wildman–Crippen MR) is 143 cm³/mol. The summed E-state index contributed by atoms with van der Waals surface area (Å²) in [5.41, 5.74) is 3.10. The summed E-state index contributed by atoms with van der Waals surface area (Å²) in [6.45, 7) is 0.837. The first-order valence-electron chi connectivity index (χ1n) is 11.9. The highest BCUT2D eigenvalue weighted by Crippen LogP contribution is 2.28. The highest BCUT2D eigenvalue weighted by Gasteiger charge is 2.22. The number of carbonyl (C=O) groups excluding carboxylic acids is 2. The second-order valence-electron chi connectivity index (χ2n) is 8.40. The summed E-state index contributed by atoms with van der Waals surface area (Å²) in [7, 11) is 0. The molecule has 0 fully saturated rings. The Morgan fingerprint density at radius 2 is 1.59 bits per heavy atom. The van der Waals surface area contributed by atoms with Gasteiger partial charge in [0.15, 0.2) is 0 Å². The fourth-order valence-electron chi connectivity index (χ4n) is 4.02. The zero-order valence-electron chi connectivity index (χ0n) is 20.2. The molecule has 0 aliphatic carbocycles. The summed E-state index contributed by atoms with van der Waals surface area (Å²) in [5, 5.41) is 14.2. The summed E-state index contributed by atoms with van der Waals surface area (Å²) in [4.78, 5) is 44.9. The third kappa shape index (κ3) is 6.89. The van der Waals surface area contributed by atoms with E-state index in [0.717, 1.165) is 10.4 Å². The van der Waals surface area contributed by atoms with Crippen molar-refractivity contribution in [3.63, 3.8) is 0 Å². The molecular formula is C29H27N3O4S. The Bertz CT molecular complexity index is 1360. The smallest absolute Gasteiger partial charge is 0.305 e. The van der Waals surface area contributed by atoms with Crippen LogP contribution < -0.4 is 5.32 Å². The first-order chi connectivity index (χ1) is 18.0. The molecule has 2 heterocycles. The van der Waals surface area contributed by atoms with Crippen LogP contribution in [0.1, 0.15) is 37.6 Å². The van der Waals surface area contributed by atoms with E-state index in [2.05, 4.69) is 10.3 Å². The van der Waals surface area contributed by atoms with E-state index in [-0.39, 0.29) is 24.8 Å². The van der Waals surface area contributed by atoms with Crippen LogP contribution in [0, 0.1) is 0 Å². The van der Waals surface area contributed by atoms with Gasteiger partial charge in [-0.15, -0.1) is 11.3 Å². The first kappa shape index (κ1) is 25.8. The molecule has 0 unspecified atom stereocenters. The van der Waals surface area contributed by atoms with E-state index in [1.54, 1.807) is 52.9 Å². The average molecular weight is 514 g/mol. The number of carboxylic acids is 1. The molecule has 0 saturated heterocycles. The highest BCUT2D eigenvalue weighted by atomic mass is 32.1. The van der Waals surface area contributed by atoms with E-state index in [0.29, 0.717) is 41.8 Å². The highest BCUT2D eigenvalue weighted by molar-refractivity contribution is 7.09. The Hall–Kier alpha value is -4.30. The van der Waals surface area contributed by atoms with Crippen LogP contribution in [0.2, 0.25) is 0 Å². The van der Waals surface area contributed by atoms with Crippen molar-refractivity contribution >= 4 is 29.1 Å². The van der Waals surface area contributed by atoms with Crippen LogP contribution in [0.25, 0.3) is 11.1 Å². The zero-order chi connectivity index (χ0) is 26.0. The van der Waals surface area contributed by atoms with E-state index in [1.165, 1.54) is 0 Å². The quantitative estimate of drug-likeness (QED) is 0.297. The number of amides is 2. The van der Waals surface area contributed by atoms with Crippen molar-refractivity contribution in [2.45, 2.75) is 19.4 Å². The van der Waals surface area contributed by atoms with Crippen molar-refractivity contribution in [2.24, 2.45) is 0 Å². The van der Waals surface area contributed by atoms with Gasteiger partial charge in [-0.1, -0.05) is 48.5 Å². The second-order valence-corrected chi connectivity index (χ2v) is 9.43. The Kier molecular flexibility index (Phi) is 8.78. The van der Waals surface area contributed by atoms with E-state index in [1.807, 2.05) is 53.9 Å². The van der Waals surface area contributed by atoms with E-state index < -0.39 is 5.97 Å². The molecule has 2 amide bonds. The van der Waals surface area contributed by atoms with Crippen molar-refractivity contribution in [1.82, 2.24) is 15.2 Å². The Morgan fingerprint density at radius 1 is 0.865 bits per heavy atom. The van der Waals surface area contributed by atoms with Gasteiger partial charge in [0.05, 0.1) is 13.0 Å². The number of aromatic nitrogens is 1. The number of carbonyl (C=O) groups is 3. The van der Waals surface area contributed by atoms with Gasteiger partial charge in [-0.2, -0.15) is 0 Å². The molecule has 0 saturated carbocycles. The van der Waals surface area contributed by atoms with Gasteiger partial charge in [0.25, 0.3) is 11.8 Å². The number of benzene rings is 2. The van der Waals surface area contributed by atoms with Gasteiger partial charge < -0.3 is 15.3 Å². The molecule has 0 atom stereocenters. The lowest BCUT2D eigenvalue weighted by Gasteiger charge is -2.24. The number of aliphatic carboxylic acids is 1. The lowest BCUT2D eigenvalue weighted by Crippen LogP contribution is -2.35. The minimum absolute atomic E-state index is 0.0751. The van der Waals surface area contributed by atoms with Gasteiger partial charge in [0.1, 0.15) is 0 Å². The normalized spacial score (nSPS) is 10.6. The number of nitrogens with one attached hydrogen (secondary N) is 1. The molecule has 4 rings (SSSR count). The summed E-state index contributed by atoms with van der Waals surface area (Å²) in [6, 6.07) is 22.0. The molecule has 0 bridgehead atoms. The van der Waals surface area contributed by atoms with Gasteiger partial charge in [-0.05, 0) is 52.8 Å². The molecule has 188 valence electrons. The number of pyridine rings is 1. The van der Waals surface area contributed by atoms with Gasteiger partial charge in [0, 0.05) is 41.5 Å². The fourth-order valence-corrected chi connectivity index (χ4v) is 4.67. The number of carboxylic acid groups (broad SMARTS) is 1. The lowest BCUT2D eigenvalue weighted by molar-refractivity contribution is -0.137. The molecule has 0 aliphatic heterocycles. The Morgan fingerprint density at radius 3 is 2.27 bits per heavy atom. The van der Waals surface area contributed by atoms with Crippen molar-refractivity contribution in [3.8, 4) is 11.1 Å². The predicted octanol–water partition coefficient (Wildman–Crippen LogP) is 4.90. The Balaban J connectivity index is 1.61. The Labute approximate surface area is 219 Å². The molecule has 8 heteroatoms. The van der Waals surface area contributed by atoms with Gasteiger partial charge >= 0.3 is 5.97 Å². The maximum Gasteiger partial charge on any atom is 0.305 e. The third-order valence-corrected chi connectivity index (χ3v) is 6.77. The van der Waals surface area contributed by atoms with Crippen LogP contribution in [0.15, 0.2) is 90.6 Å². The summed E-state index contributed by atoms with van der Waals surface area (Å²) >= 11 is 1.57. The summed E-state index contributed by atoms with van der Waals surface area (Å²) in [6.07, 6.45) is 3.80. The number of hydrogen-bond acceptors (Lipinski definition) is 5. The molecular weight excluding hydrogens is 486 g/mol. The standard InChI is InChI=1S/C29H27N3O4S/c33-27(34)14-17-32(16-13-21-7-5-15-30-19-21)29(36)26-12-4-2-10-24(26)23-9-1-3-11-25(23)28(35)31-20-22-8-6-18-37-22/h1-12,15,18-19H,13-14,16-17,20H2,(H,31,35)(H,33,34). The number of thiophene rings is 1. The lowest BCUT2D eigenvalue weighted by atomic mass is 9.94. The SMILES string of the molecule is O=C(O)CCN(CCc1cccnc1)C(=O)c1ccccc1-c1ccccc1C(=O)NCc1cccs1. The van der Waals surface area contributed by atoms with E-state index in [4.69, 9.17) is 0 Å². The minimum atomic E-state index is -0.972.